The number of rotatable bonds is 7. The fourth-order valence-electron chi connectivity index (χ4n) is 1.72. The molecule has 2 N–H and O–H groups in total. The molecule has 0 spiro atoms. The molecular weight excluding hydrogens is 212 g/mol. The van der Waals surface area contributed by atoms with Crippen LogP contribution in [0.1, 0.15) is 24.0 Å². The first-order valence-corrected chi connectivity index (χ1v) is 6.20. The minimum atomic E-state index is 0.143. The summed E-state index contributed by atoms with van der Waals surface area (Å²) in [5, 5.41) is 5.98. The zero-order valence-electron chi connectivity index (χ0n) is 10.8. The van der Waals surface area contributed by atoms with Crippen LogP contribution in [0.4, 0.5) is 0 Å². The van der Waals surface area contributed by atoms with Gasteiger partial charge in [-0.3, -0.25) is 4.79 Å². The number of hydrogen-bond acceptors (Lipinski definition) is 2. The molecule has 0 atom stereocenters. The Morgan fingerprint density at radius 2 is 2.00 bits per heavy atom. The molecule has 0 heterocycles. The van der Waals surface area contributed by atoms with Crippen molar-refractivity contribution in [3.05, 3.63) is 35.4 Å². The normalized spacial score (nSPS) is 10.2. The van der Waals surface area contributed by atoms with Crippen molar-refractivity contribution < 1.29 is 4.79 Å². The quantitative estimate of drug-likeness (QED) is 0.704. The third-order valence-electron chi connectivity index (χ3n) is 2.81. The van der Waals surface area contributed by atoms with Crippen molar-refractivity contribution in [2.75, 3.05) is 20.1 Å². The molecule has 0 bridgehead atoms. The summed E-state index contributed by atoms with van der Waals surface area (Å²) in [5.74, 6) is 0.143. The number of nitrogens with one attached hydrogen (secondary N) is 2. The summed E-state index contributed by atoms with van der Waals surface area (Å²) >= 11 is 0. The Kier molecular flexibility index (Phi) is 6.33. The highest BCUT2D eigenvalue weighted by atomic mass is 16.1. The lowest BCUT2D eigenvalue weighted by Gasteiger charge is -2.06. The van der Waals surface area contributed by atoms with E-state index in [1.165, 1.54) is 11.1 Å². The van der Waals surface area contributed by atoms with E-state index in [0.29, 0.717) is 6.42 Å². The molecule has 0 radical (unpaired) electrons. The first-order valence-electron chi connectivity index (χ1n) is 6.20. The van der Waals surface area contributed by atoms with E-state index in [-0.39, 0.29) is 5.91 Å². The minimum absolute atomic E-state index is 0.143. The van der Waals surface area contributed by atoms with Crippen LogP contribution in [0, 0.1) is 6.92 Å². The molecule has 3 heteroatoms. The molecule has 3 nitrogen and oxygen atoms in total. The van der Waals surface area contributed by atoms with Crippen molar-refractivity contribution in [1.82, 2.24) is 10.6 Å². The lowest BCUT2D eigenvalue weighted by molar-refractivity contribution is -0.121. The van der Waals surface area contributed by atoms with Crippen LogP contribution in [0.25, 0.3) is 0 Å². The monoisotopic (exact) mass is 234 g/mol. The van der Waals surface area contributed by atoms with Crippen molar-refractivity contribution in [2.24, 2.45) is 0 Å². The second-order valence-electron chi connectivity index (χ2n) is 4.23. The van der Waals surface area contributed by atoms with E-state index in [1.54, 1.807) is 0 Å². The second-order valence-corrected chi connectivity index (χ2v) is 4.23. The molecule has 1 aromatic rings. The molecule has 1 amide bonds. The van der Waals surface area contributed by atoms with Crippen molar-refractivity contribution in [2.45, 2.75) is 26.2 Å². The molecule has 0 saturated heterocycles. The molecule has 0 aliphatic heterocycles. The Morgan fingerprint density at radius 1 is 1.24 bits per heavy atom. The zero-order valence-corrected chi connectivity index (χ0v) is 10.8. The van der Waals surface area contributed by atoms with Crippen LogP contribution in [0.5, 0.6) is 0 Å². The number of amides is 1. The van der Waals surface area contributed by atoms with Gasteiger partial charge in [0.2, 0.25) is 5.91 Å². The van der Waals surface area contributed by atoms with Gasteiger partial charge in [-0.05, 0) is 44.5 Å². The molecule has 0 fully saturated rings. The summed E-state index contributed by atoms with van der Waals surface area (Å²) in [4.78, 5) is 11.6. The number of aryl methyl sites for hydroxylation is 2. The maximum atomic E-state index is 11.6. The third kappa shape index (κ3) is 5.50. The van der Waals surface area contributed by atoms with Gasteiger partial charge in [-0.2, -0.15) is 0 Å². The molecule has 1 aromatic carbocycles. The Balaban J connectivity index is 2.22. The van der Waals surface area contributed by atoms with E-state index in [0.717, 1.165) is 25.9 Å². The van der Waals surface area contributed by atoms with Gasteiger partial charge >= 0.3 is 0 Å². The summed E-state index contributed by atoms with van der Waals surface area (Å²) < 4.78 is 0. The van der Waals surface area contributed by atoms with E-state index in [2.05, 4.69) is 29.7 Å². The van der Waals surface area contributed by atoms with Gasteiger partial charge in [-0.15, -0.1) is 0 Å². The van der Waals surface area contributed by atoms with Gasteiger partial charge in [-0.1, -0.05) is 24.3 Å². The molecule has 0 aliphatic rings. The number of carbonyl (C=O) groups excluding carboxylic acids is 1. The van der Waals surface area contributed by atoms with E-state index in [9.17, 15) is 4.79 Å². The molecule has 0 aliphatic carbocycles. The highest BCUT2D eigenvalue weighted by Crippen LogP contribution is 2.09. The maximum absolute atomic E-state index is 11.6. The van der Waals surface area contributed by atoms with Crippen molar-refractivity contribution in [1.29, 1.82) is 0 Å². The van der Waals surface area contributed by atoms with Crippen LogP contribution >= 0.6 is 0 Å². The average molecular weight is 234 g/mol. The second kappa shape index (κ2) is 7.85. The molecular formula is C14H22N2O. The van der Waals surface area contributed by atoms with E-state index in [1.807, 2.05) is 19.2 Å². The smallest absolute Gasteiger partial charge is 0.220 e. The summed E-state index contributed by atoms with van der Waals surface area (Å²) in [5.41, 5.74) is 2.52. The lowest BCUT2D eigenvalue weighted by Crippen LogP contribution is -2.26. The molecule has 94 valence electrons. The zero-order chi connectivity index (χ0) is 12.5. The predicted molar refractivity (Wildman–Crippen MR) is 71.1 cm³/mol. The molecule has 0 saturated carbocycles. The molecule has 0 aromatic heterocycles. The first kappa shape index (κ1) is 13.7. The number of benzene rings is 1. The van der Waals surface area contributed by atoms with Crippen LogP contribution in [-0.2, 0) is 11.2 Å². The van der Waals surface area contributed by atoms with Gasteiger partial charge in [-0.25, -0.2) is 0 Å². The van der Waals surface area contributed by atoms with Crippen molar-refractivity contribution in [3.8, 4) is 0 Å². The van der Waals surface area contributed by atoms with Crippen LogP contribution in [0.3, 0.4) is 0 Å². The van der Waals surface area contributed by atoms with E-state index >= 15 is 0 Å². The Bertz CT molecular complexity index is 350. The summed E-state index contributed by atoms with van der Waals surface area (Å²) in [6.07, 6.45) is 2.38. The highest BCUT2D eigenvalue weighted by molar-refractivity contribution is 5.76. The fourth-order valence-corrected chi connectivity index (χ4v) is 1.72. The maximum Gasteiger partial charge on any atom is 0.220 e. The van der Waals surface area contributed by atoms with Gasteiger partial charge < -0.3 is 10.6 Å². The number of carbonyl (C=O) groups is 1. The standard InChI is InChI=1S/C14H22N2O/c1-12-6-3-4-7-13(12)8-9-14(17)16-11-5-10-15-2/h3-4,6-7,15H,5,8-11H2,1-2H3,(H,16,17). The van der Waals surface area contributed by atoms with Gasteiger partial charge in [0.05, 0.1) is 0 Å². The third-order valence-corrected chi connectivity index (χ3v) is 2.81. The summed E-state index contributed by atoms with van der Waals surface area (Å²) in [7, 11) is 1.92. The Morgan fingerprint density at radius 3 is 2.71 bits per heavy atom. The first-order chi connectivity index (χ1) is 8.24. The van der Waals surface area contributed by atoms with Crippen molar-refractivity contribution in [3.63, 3.8) is 0 Å². The average Bonchev–Trinajstić information content (AvgIpc) is 2.34. The SMILES string of the molecule is CNCCCNC(=O)CCc1ccccc1C. The predicted octanol–water partition coefficient (Wildman–Crippen LogP) is 1.65. The van der Waals surface area contributed by atoms with Crippen LogP contribution in [0.15, 0.2) is 24.3 Å². The summed E-state index contributed by atoms with van der Waals surface area (Å²) in [6, 6.07) is 8.22. The number of hydrogen-bond donors (Lipinski definition) is 2. The molecule has 0 unspecified atom stereocenters. The molecule has 17 heavy (non-hydrogen) atoms. The minimum Gasteiger partial charge on any atom is -0.356 e. The highest BCUT2D eigenvalue weighted by Gasteiger charge is 2.02. The Hall–Kier alpha value is -1.35. The molecule has 1 rings (SSSR count). The largest absolute Gasteiger partial charge is 0.356 e. The fraction of sp³-hybridized carbons (Fsp3) is 0.500. The topological polar surface area (TPSA) is 41.1 Å². The van der Waals surface area contributed by atoms with Crippen LogP contribution in [-0.4, -0.2) is 26.0 Å². The Labute approximate surface area is 104 Å². The summed E-state index contributed by atoms with van der Waals surface area (Å²) in [6.45, 7) is 3.78. The van der Waals surface area contributed by atoms with Crippen LogP contribution < -0.4 is 10.6 Å². The van der Waals surface area contributed by atoms with E-state index in [4.69, 9.17) is 0 Å². The van der Waals surface area contributed by atoms with Gasteiger partial charge in [0.25, 0.3) is 0 Å². The van der Waals surface area contributed by atoms with Crippen molar-refractivity contribution >= 4 is 5.91 Å². The van der Waals surface area contributed by atoms with E-state index < -0.39 is 0 Å². The van der Waals surface area contributed by atoms with Crippen LogP contribution in [0.2, 0.25) is 0 Å². The lowest BCUT2D eigenvalue weighted by atomic mass is 10.0. The van der Waals surface area contributed by atoms with Gasteiger partial charge in [0.15, 0.2) is 0 Å². The van der Waals surface area contributed by atoms with Gasteiger partial charge in [0, 0.05) is 13.0 Å². The van der Waals surface area contributed by atoms with Gasteiger partial charge in [0.1, 0.15) is 0 Å².